The molecule has 16 heavy (non-hydrogen) atoms. The average molecular weight is 221 g/mol. The van der Waals surface area contributed by atoms with E-state index in [4.69, 9.17) is 5.11 Å². The van der Waals surface area contributed by atoms with Crippen LogP contribution in [0.1, 0.15) is 31.0 Å². The number of nitrogens with one attached hydrogen (secondary N) is 1. The number of carbonyl (C=O) groups is 1. The molecule has 0 saturated carbocycles. The van der Waals surface area contributed by atoms with Crippen LogP contribution in [0, 0.1) is 0 Å². The maximum atomic E-state index is 10.6. The normalized spacial score (nSPS) is 15.6. The van der Waals surface area contributed by atoms with Crippen molar-refractivity contribution in [2.75, 3.05) is 5.32 Å². The molecule has 86 valence electrons. The topological polar surface area (TPSA) is 75.1 Å². The van der Waals surface area contributed by atoms with Crippen molar-refractivity contribution in [3.05, 3.63) is 17.6 Å². The van der Waals surface area contributed by atoms with Gasteiger partial charge in [-0.3, -0.25) is 4.79 Å². The summed E-state index contributed by atoms with van der Waals surface area (Å²) in [6.45, 7) is 1.84. The number of hydrogen-bond acceptors (Lipinski definition) is 4. The van der Waals surface area contributed by atoms with Crippen LogP contribution in [-0.2, 0) is 17.6 Å². The van der Waals surface area contributed by atoms with Crippen molar-refractivity contribution in [3.63, 3.8) is 0 Å². The van der Waals surface area contributed by atoms with Crippen molar-refractivity contribution in [3.8, 4) is 0 Å². The van der Waals surface area contributed by atoms with Crippen molar-refractivity contribution in [2.45, 2.75) is 38.6 Å². The van der Waals surface area contributed by atoms with Gasteiger partial charge in [-0.15, -0.1) is 0 Å². The van der Waals surface area contributed by atoms with Crippen LogP contribution in [0.3, 0.4) is 0 Å². The second-order valence-electron chi connectivity index (χ2n) is 4.14. The van der Waals surface area contributed by atoms with E-state index in [9.17, 15) is 4.79 Å². The summed E-state index contributed by atoms with van der Waals surface area (Å²) in [5.74, 6) is 0.00181. The summed E-state index contributed by atoms with van der Waals surface area (Å²) in [6, 6.07) is -0.114. The van der Waals surface area contributed by atoms with E-state index in [1.165, 1.54) is 0 Å². The zero-order valence-electron chi connectivity index (χ0n) is 9.23. The molecule has 1 aliphatic rings. The molecule has 0 saturated heterocycles. The van der Waals surface area contributed by atoms with E-state index in [-0.39, 0.29) is 12.5 Å². The van der Waals surface area contributed by atoms with Crippen LogP contribution in [0.25, 0.3) is 0 Å². The zero-order chi connectivity index (χ0) is 11.5. The molecule has 1 unspecified atom stereocenters. The Morgan fingerprint density at radius 1 is 1.56 bits per heavy atom. The highest BCUT2D eigenvalue weighted by Gasteiger charge is 2.18. The van der Waals surface area contributed by atoms with Crippen molar-refractivity contribution >= 4 is 11.8 Å². The molecule has 1 aliphatic carbocycles. The molecule has 2 N–H and O–H groups in total. The Kier molecular flexibility index (Phi) is 3.03. The number of nitrogens with zero attached hydrogens (tertiary/aromatic N) is 2. The van der Waals surface area contributed by atoms with E-state index in [0.29, 0.717) is 0 Å². The van der Waals surface area contributed by atoms with Gasteiger partial charge in [0.1, 0.15) is 12.1 Å². The molecule has 1 heterocycles. The Bertz CT molecular complexity index is 406. The largest absolute Gasteiger partial charge is 0.481 e. The standard InChI is InChI=1S/C11H15N3O2/c1-7(5-10(15)16)14-11-8-3-2-4-9(8)12-6-13-11/h6-7H,2-5H2,1H3,(H,15,16)(H,12,13,14). The van der Waals surface area contributed by atoms with Gasteiger partial charge >= 0.3 is 5.97 Å². The van der Waals surface area contributed by atoms with E-state index >= 15 is 0 Å². The first-order valence-corrected chi connectivity index (χ1v) is 5.48. The number of aromatic nitrogens is 2. The first-order valence-electron chi connectivity index (χ1n) is 5.48. The Hall–Kier alpha value is -1.65. The number of hydrogen-bond donors (Lipinski definition) is 2. The quantitative estimate of drug-likeness (QED) is 0.800. The molecule has 0 bridgehead atoms. The fraction of sp³-hybridized carbons (Fsp3) is 0.545. The number of anilines is 1. The van der Waals surface area contributed by atoms with Crippen LogP contribution in [-0.4, -0.2) is 27.1 Å². The molecular weight excluding hydrogens is 206 g/mol. The predicted octanol–water partition coefficient (Wildman–Crippen LogP) is 1.24. The highest BCUT2D eigenvalue weighted by Crippen LogP contribution is 2.25. The SMILES string of the molecule is CC(CC(=O)O)Nc1ncnc2c1CCC2. The summed E-state index contributed by atoms with van der Waals surface area (Å²) < 4.78 is 0. The van der Waals surface area contributed by atoms with E-state index in [2.05, 4.69) is 15.3 Å². The van der Waals surface area contributed by atoms with Crippen LogP contribution < -0.4 is 5.32 Å². The van der Waals surface area contributed by atoms with Gasteiger partial charge in [-0.05, 0) is 26.2 Å². The minimum Gasteiger partial charge on any atom is -0.481 e. The third kappa shape index (κ3) is 2.29. The Balaban J connectivity index is 2.10. The lowest BCUT2D eigenvalue weighted by Crippen LogP contribution is -2.21. The van der Waals surface area contributed by atoms with Crippen LogP contribution in [0.2, 0.25) is 0 Å². The van der Waals surface area contributed by atoms with Gasteiger partial charge in [0.05, 0.1) is 6.42 Å². The molecule has 1 aromatic rings. The Morgan fingerprint density at radius 3 is 3.12 bits per heavy atom. The molecule has 2 rings (SSSR count). The first kappa shape index (κ1) is 10.9. The molecule has 5 heteroatoms. The number of aliphatic carboxylic acids is 1. The summed E-state index contributed by atoms with van der Waals surface area (Å²) in [4.78, 5) is 19.0. The maximum absolute atomic E-state index is 10.6. The smallest absolute Gasteiger partial charge is 0.305 e. The third-order valence-electron chi connectivity index (χ3n) is 2.74. The van der Waals surface area contributed by atoms with Crippen molar-refractivity contribution < 1.29 is 9.90 Å². The summed E-state index contributed by atoms with van der Waals surface area (Å²) >= 11 is 0. The molecule has 0 amide bonds. The summed E-state index contributed by atoms with van der Waals surface area (Å²) in [7, 11) is 0. The second-order valence-corrected chi connectivity index (χ2v) is 4.14. The predicted molar refractivity (Wildman–Crippen MR) is 59.4 cm³/mol. The fourth-order valence-corrected chi connectivity index (χ4v) is 2.03. The summed E-state index contributed by atoms with van der Waals surface area (Å²) in [5.41, 5.74) is 2.25. The first-order chi connectivity index (χ1) is 7.66. The van der Waals surface area contributed by atoms with Gasteiger partial charge in [0.2, 0.25) is 0 Å². The zero-order valence-corrected chi connectivity index (χ0v) is 9.23. The van der Waals surface area contributed by atoms with Crippen molar-refractivity contribution in [1.29, 1.82) is 0 Å². The van der Waals surface area contributed by atoms with Crippen LogP contribution in [0.5, 0.6) is 0 Å². The maximum Gasteiger partial charge on any atom is 0.305 e. The van der Waals surface area contributed by atoms with E-state index in [1.54, 1.807) is 6.33 Å². The molecule has 5 nitrogen and oxygen atoms in total. The molecule has 0 fully saturated rings. The van der Waals surface area contributed by atoms with E-state index < -0.39 is 5.97 Å². The van der Waals surface area contributed by atoms with E-state index in [0.717, 1.165) is 36.3 Å². The van der Waals surface area contributed by atoms with Gasteiger partial charge in [-0.2, -0.15) is 0 Å². The van der Waals surface area contributed by atoms with Gasteiger partial charge in [-0.1, -0.05) is 0 Å². The highest BCUT2D eigenvalue weighted by molar-refractivity contribution is 5.68. The van der Waals surface area contributed by atoms with Crippen LogP contribution in [0.15, 0.2) is 6.33 Å². The minimum atomic E-state index is -0.800. The lowest BCUT2D eigenvalue weighted by Gasteiger charge is -2.14. The molecule has 0 radical (unpaired) electrons. The van der Waals surface area contributed by atoms with Crippen molar-refractivity contribution in [1.82, 2.24) is 9.97 Å². The third-order valence-corrected chi connectivity index (χ3v) is 2.74. The summed E-state index contributed by atoms with van der Waals surface area (Å²) in [6.07, 6.45) is 4.73. The minimum absolute atomic E-state index is 0.0960. The lowest BCUT2D eigenvalue weighted by atomic mass is 10.2. The average Bonchev–Trinajstić information content (AvgIpc) is 2.65. The second kappa shape index (κ2) is 4.47. The number of carboxylic acids is 1. The van der Waals surface area contributed by atoms with Gasteiger partial charge in [-0.25, -0.2) is 9.97 Å². The van der Waals surface area contributed by atoms with Gasteiger partial charge < -0.3 is 10.4 Å². The van der Waals surface area contributed by atoms with Crippen molar-refractivity contribution in [2.24, 2.45) is 0 Å². The molecular formula is C11H15N3O2. The van der Waals surface area contributed by atoms with Crippen LogP contribution >= 0.6 is 0 Å². The number of carboxylic acid groups (broad SMARTS) is 1. The lowest BCUT2D eigenvalue weighted by molar-refractivity contribution is -0.137. The fourth-order valence-electron chi connectivity index (χ4n) is 2.03. The molecule has 0 spiro atoms. The van der Waals surface area contributed by atoms with Gasteiger partial charge in [0.25, 0.3) is 0 Å². The summed E-state index contributed by atoms with van der Waals surface area (Å²) in [5, 5.41) is 11.8. The monoisotopic (exact) mass is 221 g/mol. The molecule has 1 atom stereocenters. The van der Waals surface area contributed by atoms with Crippen LogP contribution in [0.4, 0.5) is 5.82 Å². The van der Waals surface area contributed by atoms with Gasteiger partial charge in [0.15, 0.2) is 0 Å². The Labute approximate surface area is 93.9 Å². The molecule has 0 aromatic carbocycles. The Morgan fingerprint density at radius 2 is 2.38 bits per heavy atom. The molecule has 0 aliphatic heterocycles. The molecule has 1 aromatic heterocycles. The van der Waals surface area contributed by atoms with Gasteiger partial charge in [0, 0.05) is 17.3 Å². The number of aryl methyl sites for hydroxylation is 1. The number of fused-ring (bicyclic) bond motifs is 1. The number of rotatable bonds is 4. The van der Waals surface area contributed by atoms with E-state index in [1.807, 2.05) is 6.92 Å². The highest BCUT2D eigenvalue weighted by atomic mass is 16.4.